The molecule has 0 aliphatic carbocycles. The molecule has 0 amide bonds. The van der Waals surface area contributed by atoms with E-state index in [0.717, 1.165) is 50.5 Å². The van der Waals surface area contributed by atoms with Crippen molar-refractivity contribution in [1.29, 1.82) is 0 Å². The summed E-state index contributed by atoms with van der Waals surface area (Å²) in [5, 5.41) is 10.7. The van der Waals surface area contributed by atoms with Crippen LogP contribution in [0.1, 0.15) is 12.8 Å². The minimum absolute atomic E-state index is 0.772. The Morgan fingerprint density at radius 3 is 2.81 bits per heavy atom. The molecule has 1 saturated heterocycles. The van der Waals surface area contributed by atoms with Crippen molar-refractivity contribution in [3.05, 3.63) is 14.3 Å². The van der Waals surface area contributed by atoms with Crippen molar-refractivity contribution in [2.75, 3.05) is 31.6 Å². The molecule has 3 rings (SSSR count). The van der Waals surface area contributed by atoms with Crippen molar-refractivity contribution in [3.63, 3.8) is 0 Å². The summed E-state index contributed by atoms with van der Waals surface area (Å²) in [6.07, 6.45) is 2.39. The number of anilines is 1. The smallest absolute Gasteiger partial charge is 0.245 e. The first kappa shape index (κ1) is 15.5. The quantitative estimate of drug-likeness (QED) is 0.773. The molecule has 0 spiro atoms. The molecule has 0 saturated carbocycles. The molecule has 21 heavy (non-hydrogen) atoms. The van der Waals surface area contributed by atoms with Gasteiger partial charge in [0.2, 0.25) is 5.95 Å². The van der Waals surface area contributed by atoms with E-state index in [1.165, 1.54) is 12.8 Å². The van der Waals surface area contributed by atoms with Crippen LogP contribution >= 0.6 is 43.2 Å². The third-order valence-corrected chi connectivity index (χ3v) is 7.01. The second-order valence-corrected chi connectivity index (χ2v) is 8.43. The summed E-state index contributed by atoms with van der Waals surface area (Å²) in [6.45, 7) is 3.16. The lowest BCUT2D eigenvalue weighted by Gasteiger charge is -2.30. The number of nitrogens with zero attached hydrogens (tertiary/aromatic N) is 3. The Labute approximate surface area is 144 Å². The van der Waals surface area contributed by atoms with E-state index >= 15 is 0 Å². The second kappa shape index (κ2) is 6.76. The van der Waals surface area contributed by atoms with Gasteiger partial charge in [-0.25, -0.2) is 0 Å². The second-order valence-electron chi connectivity index (χ2n) is 5.20. The highest BCUT2D eigenvalue weighted by Crippen LogP contribution is 2.37. The zero-order chi connectivity index (χ0) is 14.8. The lowest BCUT2D eigenvalue weighted by Crippen LogP contribution is -2.37. The van der Waals surface area contributed by atoms with Crippen LogP contribution in [0.2, 0.25) is 0 Å². The SMILES string of the molecule is CNCC1CCN(c2n[nH]c(-c3cc(Br)c(Br)s3)n2)CC1. The largest absolute Gasteiger partial charge is 0.340 e. The first-order valence-corrected chi connectivity index (χ1v) is 9.34. The summed E-state index contributed by atoms with van der Waals surface area (Å²) in [5.74, 6) is 2.42. The Balaban J connectivity index is 1.68. The fourth-order valence-electron chi connectivity index (χ4n) is 2.59. The number of nitrogens with one attached hydrogen (secondary N) is 2. The number of aromatic nitrogens is 3. The van der Waals surface area contributed by atoms with Crippen LogP contribution in [0.3, 0.4) is 0 Å². The summed E-state index contributed by atoms with van der Waals surface area (Å²) in [5.41, 5.74) is 0. The van der Waals surface area contributed by atoms with Crippen LogP contribution < -0.4 is 10.2 Å². The molecule has 114 valence electrons. The molecule has 2 aromatic heterocycles. The van der Waals surface area contributed by atoms with Crippen molar-refractivity contribution in [2.24, 2.45) is 5.92 Å². The Kier molecular flexibility index (Phi) is 4.98. The third kappa shape index (κ3) is 3.49. The van der Waals surface area contributed by atoms with E-state index in [-0.39, 0.29) is 0 Å². The van der Waals surface area contributed by atoms with Gasteiger partial charge >= 0.3 is 0 Å². The maximum Gasteiger partial charge on any atom is 0.245 e. The van der Waals surface area contributed by atoms with Crippen LogP contribution in [0, 0.1) is 5.92 Å². The van der Waals surface area contributed by atoms with Gasteiger partial charge in [0.15, 0.2) is 5.82 Å². The molecule has 2 aromatic rings. The Bertz CT molecular complexity index is 584. The number of hydrogen-bond acceptors (Lipinski definition) is 5. The van der Waals surface area contributed by atoms with Gasteiger partial charge in [-0.2, -0.15) is 4.98 Å². The molecule has 2 N–H and O–H groups in total. The molecule has 1 fully saturated rings. The average Bonchev–Trinajstić information content (AvgIpc) is 3.08. The van der Waals surface area contributed by atoms with E-state index in [2.05, 4.69) is 63.3 Å². The molecule has 8 heteroatoms. The lowest BCUT2D eigenvalue weighted by molar-refractivity contribution is 0.391. The summed E-state index contributed by atoms with van der Waals surface area (Å²) in [6, 6.07) is 2.05. The summed E-state index contributed by atoms with van der Waals surface area (Å²) in [4.78, 5) is 7.99. The summed E-state index contributed by atoms with van der Waals surface area (Å²) >= 11 is 8.66. The molecular formula is C13H17Br2N5S. The summed E-state index contributed by atoms with van der Waals surface area (Å²) in [7, 11) is 2.02. The zero-order valence-corrected chi connectivity index (χ0v) is 15.7. The van der Waals surface area contributed by atoms with Crippen molar-refractivity contribution >= 4 is 49.1 Å². The number of rotatable bonds is 4. The molecule has 0 bridgehead atoms. The molecular weight excluding hydrogens is 418 g/mol. The molecule has 0 atom stereocenters. The number of piperidine rings is 1. The molecule has 3 heterocycles. The standard InChI is InChI=1S/C13H17Br2N5S/c1-16-7-8-2-4-20(5-3-8)13-17-12(18-19-13)10-6-9(14)11(15)21-10/h6,8,16H,2-5,7H2,1H3,(H,17,18,19). The van der Waals surface area contributed by atoms with E-state index in [4.69, 9.17) is 0 Å². The molecule has 0 aromatic carbocycles. The highest BCUT2D eigenvalue weighted by atomic mass is 79.9. The van der Waals surface area contributed by atoms with Crippen LogP contribution in [0.25, 0.3) is 10.7 Å². The Morgan fingerprint density at radius 2 is 2.19 bits per heavy atom. The number of H-pyrrole nitrogens is 1. The number of hydrogen-bond donors (Lipinski definition) is 2. The first-order valence-electron chi connectivity index (χ1n) is 6.94. The minimum atomic E-state index is 0.772. The van der Waals surface area contributed by atoms with Gasteiger partial charge in [0.05, 0.1) is 8.66 Å². The van der Waals surface area contributed by atoms with Crippen LogP contribution in [-0.2, 0) is 0 Å². The third-order valence-electron chi connectivity index (χ3n) is 3.74. The number of aromatic amines is 1. The minimum Gasteiger partial charge on any atom is -0.340 e. The van der Waals surface area contributed by atoms with E-state index < -0.39 is 0 Å². The predicted octanol–water partition coefficient (Wildman–Crippen LogP) is 3.49. The van der Waals surface area contributed by atoms with Gasteiger partial charge in [0, 0.05) is 17.6 Å². The fraction of sp³-hybridized carbons (Fsp3) is 0.538. The lowest BCUT2D eigenvalue weighted by atomic mass is 9.97. The summed E-state index contributed by atoms with van der Waals surface area (Å²) < 4.78 is 2.12. The average molecular weight is 435 g/mol. The van der Waals surface area contributed by atoms with Crippen LogP contribution in [0.5, 0.6) is 0 Å². The normalized spacial score (nSPS) is 16.6. The Morgan fingerprint density at radius 1 is 1.43 bits per heavy atom. The van der Waals surface area contributed by atoms with Gasteiger partial charge < -0.3 is 10.2 Å². The van der Waals surface area contributed by atoms with Gasteiger partial charge in [-0.3, -0.25) is 5.10 Å². The van der Waals surface area contributed by atoms with Gasteiger partial charge in [-0.15, -0.1) is 16.4 Å². The number of halogens is 2. The molecule has 0 unspecified atom stereocenters. The van der Waals surface area contributed by atoms with Gasteiger partial charge in [-0.1, -0.05) is 0 Å². The zero-order valence-electron chi connectivity index (χ0n) is 11.7. The maximum atomic E-state index is 4.64. The van der Waals surface area contributed by atoms with Gasteiger partial charge in [0.1, 0.15) is 0 Å². The van der Waals surface area contributed by atoms with Crippen molar-refractivity contribution in [1.82, 2.24) is 20.5 Å². The van der Waals surface area contributed by atoms with Gasteiger partial charge in [0.25, 0.3) is 0 Å². The van der Waals surface area contributed by atoms with Crippen LogP contribution in [0.4, 0.5) is 5.95 Å². The predicted molar refractivity (Wildman–Crippen MR) is 94.0 cm³/mol. The molecule has 0 radical (unpaired) electrons. The van der Waals surface area contributed by atoms with E-state index in [9.17, 15) is 0 Å². The highest BCUT2D eigenvalue weighted by molar-refractivity contribution is 9.13. The van der Waals surface area contributed by atoms with Crippen LogP contribution in [-0.4, -0.2) is 41.9 Å². The van der Waals surface area contributed by atoms with E-state index in [1.807, 2.05) is 7.05 Å². The van der Waals surface area contributed by atoms with Crippen molar-refractivity contribution in [2.45, 2.75) is 12.8 Å². The monoisotopic (exact) mass is 433 g/mol. The van der Waals surface area contributed by atoms with E-state index in [0.29, 0.717) is 0 Å². The van der Waals surface area contributed by atoms with Crippen LogP contribution in [0.15, 0.2) is 14.3 Å². The fourth-order valence-corrected chi connectivity index (χ4v) is 4.57. The van der Waals surface area contributed by atoms with Crippen molar-refractivity contribution in [3.8, 4) is 10.7 Å². The molecule has 1 aliphatic rings. The highest BCUT2D eigenvalue weighted by Gasteiger charge is 2.22. The maximum absolute atomic E-state index is 4.64. The first-order chi connectivity index (χ1) is 10.2. The number of thiophene rings is 1. The van der Waals surface area contributed by atoms with E-state index in [1.54, 1.807) is 11.3 Å². The topological polar surface area (TPSA) is 56.8 Å². The molecule has 1 aliphatic heterocycles. The molecule has 5 nitrogen and oxygen atoms in total. The van der Waals surface area contributed by atoms with Crippen molar-refractivity contribution < 1.29 is 0 Å². The Hall–Kier alpha value is -0.440. The van der Waals surface area contributed by atoms with Gasteiger partial charge in [-0.05, 0) is 70.3 Å².